The summed E-state index contributed by atoms with van der Waals surface area (Å²) < 4.78 is 6.15. The van der Waals surface area contributed by atoms with Crippen molar-refractivity contribution >= 4 is 44.0 Å². The number of anilines is 3. The molecule has 0 aliphatic carbocycles. The molecule has 0 radical (unpaired) electrons. The highest BCUT2D eigenvalue weighted by Gasteiger charge is 2.29. The van der Waals surface area contributed by atoms with Crippen LogP contribution in [0, 0.1) is 16.0 Å². The number of thiazole rings is 1. The van der Waals surface area contributed by atoms with Gasteiger partial charge in [-0.15, -0.1) is 0 Å². The van der Waals surface area contributed by atoms with Crippen molar-refractivity contribution in [1.82, 2.24) is 15.0 Å². The van der Waals surface area contributed by atoms with Crippen LogP contribution in [0.1, 0.15) is 19.8 Å². The molecule has 28 heavy (non-hydrogen) atoms. The predicted octanol–water partition coefficient (Wildman–Crippen LogP) is 3.98. The van der Waals surface area contributed by atoms with E-state index in [1.165, 1.54) is 17.7 Å². The van der Waals surface area contributed by atoms with E-state index < -0.39 is 4.92 Å². The zero-order valence-corrected chi connectivity index (χ0v) is 16.4. The first-order valence-electron chi connectivity index (χ1n) is 9.01. The molecule has 0 saturated carbocycles. The second-order valence-electron chi connectivity index (χ2n) is 6.80. The number of nitro groups is 1. The molecule has 1 aliphatic rings. The van der Waals surface area contributed by atoms with Gasteiger partial charge in [0.1, 0.15) is 12.1 Å². The third kappa shape index (κ3) is 3.55. The van der Waals surface area contributed by atoms with E-state index in [0.717, 1.165) is 41.9 Å². The van der Waals surface area contributed by atoms with Crippen LogP contribution >= 0.6 is 11.3 Å². The molecule has 1 saturated heterocycles. The third-order valence-electron chi connectivity index (χ3n) is 4.89. The molecule has 1 aliphatic heterocycles. The Labute approximate surface area is 165 Å². The Morgan fingerprint density at radius 3 is 2.82 bits per heavy atom. The molecule has 9 nitrogen and oxygen atoms in total. The number of hydrogen-bond donors (Lipinski definition) is 1. The molecule has 0 amide bonds. The van der Waals surface area contributed by atoms with Gasteiger partial charge in [-0.3, -0.25) is 10.1 Å². The average molecular weight is 400 g/mol. The molecule has 146 valence electrons. The quantitative estimate of drug-likeness (QED) is 0.506. The number of hydrogen-bond acceptors (Lipinski definition) is 9. The van der Waals surface area contributed by atoms with Gasteiger partial charge in [0, 0.05) is 13.1 Å². The zero-order chi connectivity index (χ0) is 19.7. The van der Waals surface area contributed by atoms with Crippen molar-refractivity contribution in [2.24, 2.45) is 5.92 Å². The van der Waals surface area contributed by atoms with Gasteiger partial charge in [0.05, 0.1) is 22.2 Å². The van der Waals surface area contributed by atoms with Crippen LogP contribution in [0.4, 0.5) is 22.5 Å². The largest absolute Gasteiger partial charge is 0.497 e. The van der Waals surface area contributed by atoms with E-state index in [0.29, 0.717) is 16.9 Å². The Morgan fingerprint density at radius 1 is 1.32 bits per heavy atom. The number of nitrogens with one attached hydrogen (secondary N) is 1. The van der Waals surface area contributed by atoms with E-state index in [4.69, 9.17) is 4.74 Å². The highest BCUT2D eigenvalue weighted by atomic mass is 32.1. The normalized spacial score (nSPS) is 15.0. The third-order valence-corrected chi connectivity index (χ3v) is 5.82. The molecule has 0 bridgehead atoms. The standard InChI is InChI=1S/C18H20N6O3S/c1-11-5-7-23(8-6-11)17-15(24(25)26)16(19-10-20-17)22-18-21-13-4-3-12(27-2)9-14(13)28-18/h3-4,9-11H,5-8H2,1-2H3,(H,19,20,21,22). The van der Waals surface area contributed by atoms with Crippen LogP contribution in [0.5, 0.6) is 5.75 Å². The highest BCUT2D eigenvalue weighted by molar-refractivity contribution is 7.22. The molecule has 2 aromatic heterocycles. The Balaban J connectivity index is 1.67. The smallest absolute Gasteiger partial charge is 0.353 e. The minimum absolute atomic E-state index is 0.117. The number of aromatic nitrogens is 3. The number of fused-ring (bicyclic) bond motifs is 1. The summed E-state index contributed by atoms with van der Waals surface area (Å²) in [5.41, 5.74) is 0.671. The molecule has 3 heterocycles. The maximum Gasteiger partial charge on any atom is 0.353 e. The van der Waals surface area contributed by atoms with E-state index in [9.17, 15) is 10.1 Å². The summed E-state index contributed by atoms with van der Waals surface area (Å²) in [5, 5.41) is 15.4. The predicted molar refractivity (Wildman–Crippen MR) is 109 cm³/mol. The van der Waals surface area contributed by atoms with E-state index in [-0.39, 0.29) is 11.5 Å². The molecule has 0 unspecified atom stereocenters. The van der Waals surface area contributed by atoms with Gasteiger partial charge in [-0.2, -0.15) is 0 Å². The molecule has 1 N–H and O–H groups in total. The Hall–Kier alpha value is -3.01. The Bertz CT molecular complexity index is 1020. The van der Waals surface area contributed by atoms with Crippen molar-refractivity contribution in [1.29, 1.82) is 0 Å². The van der Waals surface area contributed by atoms with Crippen molar-refractivity contribution < 1.29 is 9.66 Å². The summed E-state index contributed by atoms with van der Waals surface area (Å²) in [6.45, 7) is 3.69. The Kier molecular flexibility index (Phi) is 4.95. The molecule has 1 fully saturated rings. The van der Waals surface area contributed by atoms with Gasteiger partial charge in [0.15, 0.2) is 5.13 Å². The van der Waals surface area contributed by atoms with Crippen LogP contribution in [0.15, 0.2) is 24.5 Å². The fraction of sp³-hybridized carbons (Fsp3) is 0.389. The number of nitrogens with zero attached hydrogens (tertiary/aromatic N) is 5. The molecule has 1 aromatic carbocycles. The van der Waals surface area contributed by atoms with Crippen molar-refractivity contribution in [2.45, 2.75) is 19.8 Å². The topological polar surface area (TPSA) is 106 Å². The summed E-state index contributed by atoms with van der Waals surface area (Å²) >= 11 is 1.38. The van der Waals surface area contributed by atoms with Gasteiger partial charge < -0.3 is 15.0 Å². The molecule has 0 spiro atoms. The van der Waals surface area contributed by atoms with Crippen LogP contribution in [-0.2, 0) is 0 Å². The van der Waals surface area contributed by atoms with Crippen LogP contribution in [0.25, 0.3) is 10.2 Å². The number of benzene rings is 1. The second kappa shape index (κ2) is 7.55. The van der Waals surface area contributed by atoms with Crippen molar-refractivity contribution in [2.75, 3.05) is 30.4 Å². The lowest BCUT2D eigenvalue weighted by Crippen LogP contribution is -2.34. The SMILES string of the molecule is COc1ccc2nc(Nc3ncnc(N4CCC(C)CC4)c3[N+](=O)[O-])sc2c1. The summed E-state index contributed by atoms with van der Waals surface area (Å²) in [4.78, 5) is 26.2. The van der Waals surface area contributed by atoms with Crippen LogP contribution in [0.2, 0.25) is 0 Å². The first-order chi connectivity index (χ1) is 13.5. The van der Waals surface area contributed by atoms with Gasteiger partial charge in [0.25, 0.3) is 0 Å². The second-order valence-corrected chi connectivity index (χ2v) is 7.83. The van der Waals surface area contributed by atoms with Crippen LogP contribution in [-0.4, -0.2) is 40.1 Å². The van der Waals surface area contributed by atoms with E-state index in [1.807, 2.05) is 23.1 Å². The molecule has 0 atom stereocenters. The van der Waals surface area contributed by atoms with Crippen molar-refractivity contribution in [3.8, 4) is 5.75 Å². The summed E-state index contributed by atoms with van der Waals surface area (Å²) in [6.07, 6.45) is 3.34. The van der Waals surface area contributed by atoms with E-state index >= 15 is 0 Å². The van der Waals surface area contributed by atoms with Crippen molar-refractivity contribution in [3.05, 3.63) is 34.6 Å². The van der Waals surface area contributed by atoms with Gasteiger partial charge >= 0.3 is 5.69 Å². The van der Waals surface area contributed by atoms with Gasteiger partial charge in [-0.1, -0.05) is 18.3 Å². The van der Waals surface area contributed by atoms with Gasteiger partial charge in [-0.05, 0) is 37.0 Å². The summed E-state index contributed by atoms with van der Waals surface area (Å²) in [7, 11) is 1.61. The highest BCUT2D eigenvalue weighted by Crippen LogP contribution is 2.37. The van der Waals surface area contributed by atoms with Crippen molar-refractivity contribution in [3.63, 3.8) is 0 Å². The lowest BCUT2D eigenvalue weighted by atomic mass is 9.99. The fourth-order valence-electron chi connectivity index (χ4n) is 3.27. The zero-order valence-electron chi connectivity index (χ0n) is 15.6. The van der Waals surface area contributed by atoms with E-state index in [1.54, 1.807) is 7.11 Å². The lowest BCUT2D eigenvalue weighted by Gasteiger charge is -2.30. The fourth-order valence-corrected chi connectivity index (χ4v) is 4.16. The molecule has 3 aromatic rings. The van der Waals surface area contributed by atoms with Gasteiger partial charge in [-0.25, -0.2) is 15.0 Å². The number of piperidine rings is 1. The molecule has 4 rings (SSSR count). The molecule has 10 heteroatoms. The lowest BCUT2D eigenvalue weighted by molar-refractivity contribution is -0.383. The Morgan fingerprint density at radius 2 is 2.11 bits per heavy atom. The van der Waals surface area contributed by atoms with Crippen LogP contribution in [0.3, 0.4) is 0 Å². The number of methoxy groups -OCH3 is 1. The summed E-state index contributed by atoms with van der Waals surface area (Å²) in [5.74, 6) is 1.86. The average Bonchev–Trinajstić information content (AvgIpc) is 3.09. The monoisotopic (exact) mass is 400 g/mol. The van der Waals surface area contributed by atoms with Gasteiger partial charge in [0.2, 0.25) is 11.6 Å². The van der Waals surface area contributed by atoms with Crippen LogP contribution < -0.4 is 15.0 Å². The minimum atomic E-state index is -0.425. The molecular formula is C18H20N6O3S. The maximum absolute atomic E-state index is 11.8. The minimum Gasteiger partial charge on any atom is -0.497 e. The maximum atomic E-state index is 11.8. The van der Waals surface area contributed by atoms with E-state index in [2.05, 4.69) is 27.2 Å². The molecular weight excluding hydrogens is 380 g/mol. The summed E-state index contributed by atoms with van der Waals surface area (Å²) in [6, 6.07) is 5.56. The number of rotatable bonds is 5. The first-order valence-corrected chi connectivity index (χ1v) is 9.82. The first kappa shape index (κ1) is 18.4. The number of ether oxygens (including phenoxy) is 1.